The molecule has 5 nitrogen and oxygen atoms in total. The highest BCUT2D eigenvalue weighted by molar-refractivity contribution is 7.98. The lowest BCUT2D eigenvalue weighted by molar-refractivity contribution is 0.324. The van der Waals surface area contributed by atoms with Gasteiger partial charge in [0.25, 0.3) is 0 Å². The molecule has 0 fully saturated rings. The van der Waals surface area contributed by atoms with Gasteiger partial charge >= 0.3 is 0 Å². The number of ether oxygens (including phenoxy) is 3. The van der Waals surface area contributed by atoms with Gasteiger partial charge in [0.2, 0.25) is 5.75 Å². The first kappa shape index (κ1) is 26.4. The zero-order valence-corrected chi connectivity index (χ0v) is 22.1. The normalized spacial score (nSPS) is 14.7. The Morgan fingerprint density at radius 2 is 1.71 bits per heavy atom. The molecule has 0 aromatic heterocycles. The molecule has 0 bridgehead atoms. The van der Waals surface area contributed by atoms with E-state index in [0.717, 1.165) is 53.0 Å². The Balaban J connectivity index is 2.04. The Bertz CT molecular complexity index is 1020. The van der Waals surface area contributed by atoms with Crippen LogP contribution in [0.3, 0.4) is 0 Å². The molecule has 0 unspecified atom stereocenters. The number of hydrogen-bond acceptors (Lipinski definition) is 6. The third kappa shape index (κ3) is 5.89. The van der Waals surface area contributed by atoms with Crippen LogP contribution >= 0.6 is 11.8 Å². The maximum atomic E-state index is 13.0. The molecule has 1 atom stereocenters. The largest absolute Gasteiger partial charge is 0.493 e. The fraction of sp³-hybridized carbons (Fsp3) is 0.536. The van der Waals surface area contributed by atoms with Crippen LogP contribution in [0.25, 0.3) is 11.1 Å². The molecular weight excluding hydrogens is 446 g/mol. The number of fused-ring (bicyclic) bond motifs is 3. The molecule has 1 N–H and O–H groups in total. The summed E-state index contributed by atoms with van der Waals surface area (Å²) in [5.74, 6) is 1.89. The summed E-state index contributed by atoms with van der Waals surface area (Å²) in [5.41, 5.74) is 4.23. The Kier molecular flexibility index (Phi) is 10.1. The van der Waals surface area contributed by atoms with Crippen LogP contribution in [0.2, 0.25) is 0 Å². The Morgan fingerprint density at radius 1 is 0.971 bits per heavy atom. The van der Waals surface area contributed by atoms with Gasteiger partial charge in [-0.1, -0.05) is 45.1 Å². The van der Waals surface area contributed by atoms with Gasteiger partial charge in [-0.3, -0.25) is 4.79 Å². The van der Waals surface area contributed by atoms with Crippen LogP contribution in [-0.4, -0.2) is 34.1 Å². The van der Waals surface area contributed by atoms with E-state index in [1.54, 1.807) is 21.3 Å². The van der Waals surface area contributed by atoms with Crippen molar-refractivity contribution in [2.24, 2.45) is 0 Å². The molecule has 0 radical (unpaired) electrons. The second-order valence-corrected chi connectivity index (χ2v) is 9.62. The van der Waals surface area contributed by atoms with Gasteiger partial charge in [-0.25, -0.2) is 0 Å². The van der Waals surface area contributed by atoms with Gasteiger partial charge in [-0.05, 0) is 67.0 Å². The predicted molar refractivity (Wildman–Crippen MR) is 142 cm³/mol. The van der Waals surface area contributed by atoms with Crippen molar-refractivity contribution < 1.29 is 14.2 Å². The van der Waals surface area contributed by atoms with Gasteiger partial charge in [0.1, 0.15) is 0 Å². The standard InChI is InChI=1S/C28H39NO4S/c1-6-7-8-9-10-11-16-29-22-14-12-19-17-24(31-2)27(32-3)28(33-4)26(19)20-13-15-25(34-5)23(30)18-21(20)22/h13,15,17-18,22,29H,6-12,14,16H2,1-5H3/t22-/m0/s1. The molecule has 0 saturated carbocycles. The van der Waals surface area contributed by atoms with Crippen LogP contribution < -0.4 is 25.0 Å². The molecule has 2 aromatic carbocycles. The van der Waals surface area contributed by atoms with Crippen LogP contribution in [0.15, 0.2) is 34.0 Å². The number of rotatable bonds is 12. The lowest BCUT2D eigenvalue weighted by Crippen LogP contribution is -2.23. The number of aryl methyl sites for hydroxylation is 1. The first-order chi connectivity index (χ1) is 16.6. The Hall–Kier alpha value is -2.18. The predicted octanol–water partition coefficient (Wildman–Crippen LogP) is 6.40. The minimum absolute atomic E-state index is 0.0583. The SMILES string of the molecule is CCCCCCCCN[C@H]1CCc2cc(OC)c(OC)c(OC)c2-c2ccc(SC)c(=O)cc21. The lowest BCUT2D eigenvalue weighted by atomic mass is 9.95. The van der Waals surface area contributed by atoms with E-state index < -0.39 is 0 Å². The molecule has 0 saturated heterocycles. The smallest absolute Gasteiger partial charge is 0.203 e. The number of thioether (sulfide) groups is 1. The topological polar surface area (TPSA) is 56.8 Å². The lowest BCUT2D eigenvalue weighted by Gasteiger charge is -2.20. The van der Waals surface area contributed by atoms with Gasteiger partial charge in [-0.2, -0.15) is 0 Å². The highest BCUT2D eigenvalue weighted by atomic mass is 32.2. The molecule has 0 amide bonds. The monoisotopic (exact) mass is 485 g/mol. The summed E-state index contributed by atoms with van der Waals surface area (Å²) in [6.45, 7) is 3.19. The van der Waals surface area contributed by atoms with E-state index in [9.17, 15) is 4.79 Å². The van der Waals surface area contributed by atoms with Gasteiger partial charge < -0.3 is 19.5 Å². The number of methoxy groups -OCH3 is 3. The van der Waals surface area contributed by atoms with E-state index in [1.807, 2.05) is 18.4 Å². The minimum atomic E-state index is 0.0583. The summed E-state index contributed by atoms with van der Waals surface area (Å²) >= 11 is 1.48. The molecule has 186 valence electrons. The van der Waals surface area contributed by atoms with Gasteiger partial charge in [0.15, 0.2) is 16.9 Å². The molecule has 0 aliphatic heterocycles. The summed E-state index contributed by atoms with van der Waals surface area (Å²) in [6.07, 6.45) is 11.3. The van der Waals surface area contributed by atoms with Gasteiger partial charge in [-0.15, -0.1) is 11.8 Å². The maximum Gasteiger partial charge on any atom is 0.203 e. The van der Waals surface area contributed by atoms with Crippen molar-refractivity contribution >= 4 is 11.8 Å². The van der Waals surface area contributed by atoms with Crippen molar-refractivity contribution in [2.75, 3.05) is 34.1 Å². The Labute approximate surface area is 208 Å². The van der Waals surface area contributed by atoms with Gasteiger partial charge in [0, 0.05) is 11.6 Å². The van der Waals surface area contributed by atoms with E-state index >= 15 is 0 Å². The highest BCUT2D eigenvalue weighted by Gasteiger charge is 2.28. The van der Waals surface area contributed by atoms with Crippen LogP contribution in [0, 0.1) is 0 Å². The third-order valence-electron chi connectivity index (χ3n) is 6.64. The average molecular weight is 486 g/mol. The minimum Gasteiger partial charge on any atom is -0.493 e. The molecule has 0 heterocycles. The van der Waals surface area contributed by atoms with Gasteiger partial charge in [0.05, 0.1) is 26.2 Å². The van der Waals surface area contributed by atoms with Crippen LogP contribution in [0.4, 0.5) is 0 Å². The van der Waals surface area contributed by atoms with Crippen molar-refractivity contribution in [3.63, 3.8) is 0 Å². The summed E-state index contributed by atoms with van der Waals surface area (Å²) < 4.78 is 17.2. The van der Waals surface area contributed by atoms with Crippen LogP contribution in [-0.2, 0) is 6.42 Å². The average Bonchev–Trinajstić information content (AvgIpc) is 3.10. The van der Waals surface area contributed by atoms with Crippen molar-refractivity contribution in [1.82, 2.24) is 5.32 Å². The van der Waals surface area contributed by atoms with Crippen molar-refractivity contribution in [3.05, 3.63) is 45.6 Å². The number of hydrogen-bond donors (Lipinski definition) is 1. The van der Waals surface area contributed by atoms with E-state index in [0.29, 0.717) is 17.2 Å². The van der Waals surface area contributed by atoms with E-state index in [-0.39, 0.29) is 11.5 Å². The van der Waals surface area contributed by atoms with Crippen LogP contribution in [0.5, 0.6) is 17.2 Å². The summed E-state index contributed by atoms with van der Waals surface area (Å²) in [4.78, 5) is 13.8. The molecule has 3 rings (SSSR count). The van der Waals surface area contributed by atoms with E-state index in [2.05, 4.69) is 24.4 Å². The molecule has 0 spiro atoms. The molecule has 1 aliphatic rings. The number of unbranched alkanes of at least 4 members (excludes halogenated alkanes) is 5. The molecule has 1 aliphatic carbocycles. The molecule has 34 heavy (non-hydrogen) atoms. The summed E-state index contributed by atoms with van der Waals surface area (Å²) in [5, 5.41) is 3.77. The van der Waals surface area contributed by atoms with Crippen LogP contribution in [0.1, 0.15) is 69.0 Å². The molecule has 6 heteroatoms. The maximum absolute atomic E-state index is 13.0. The van der Waals surface area contributed by atoms with E-state index in [4.69, 9.17) is 14.2 Å². The second kappa shape index (κ2) is 13.1. The highest BCUT2D eigenvalue weighted by Crippen LogP contribution is 2.50. The number of nitrogens with one attached hydrogen (secondary N) is 1. The second-order valence-electron chi connectivity index (χ2n) is 8.77. The summed E-state index contributed by atoms with van der Waals surface area (Å²) in [7, 11) is 4.93. The first-order valence-corrected chi connectivity index (χ1v) is 13.6. The van der Waals surface area contributed by atoms with Crippen molar-refractivity contribution in [2.45, 2.75) is 69.2 Å². The molecule has 2 aromatic rings. The fourth-order valence-corrected chi connectivity index (χ4v) is 5.32. The third-order valence-corrected chi connectivity index (χ3v) is 7.42. The first-order valence-electron chi connectivity index (χ1n) is 12.4. The van der Waals surface area contributed by atoms with E-state index in [1.165, 1.54) is 43.9 Å². The fourth-order valence-electron chi connectivity index (χ4n) is 4.86. The summed E-state index contributed by atoms with van der Waals surface area (Å²) in [6, 6.07) is 7.97. The molecular formula is C28H39NO4S. The van der Waals surface area contributed by atoms with Crippen molar-refractivity contribution in [3.8, 4) is 28.4 Å². The van der Waals surface area contributed by atoms with Crippen molar-refractivity contribution in [1.29, 1.82) is 0 Å². The number of benzene rings is 1. The Morgan fingerprint density at radius 3 is 2.38 bits per heavy atom. The zero-order chi connectivity index (χ0) is 24.5. The zero-order valence-electron chi connectivity index (χ0n) is 21.3. The quantitative estimate of drug-likeness (QED) is 0.277.